The van der Waals surface area contributed by atoms with Crippen molar-refractivity contribution in [3.05, 3.63) is 24.3 Å². The van der Waals surface area contributed by atoms with Crippen LogP contribution in [0.15, 0.2) is 24.3 Å². The van der Waals surface area contributed by atoms with E-state index in [2.05, 4.69) is 31.3 Å². The predicted octanol–water partition coefficient (Wildman–Crippen LogP) is 24.9. The number of allylic oxidation sites excluding steroid dienone is 3. The molecule has 0 aliphatic heterocycles. The van der Waals surface area contributed by atoms with Gasteiger partial charge in [0.1, 0.15) is 0 Å². The maximum atomic E-state index is 12.5. The zero-order valence-electron chi connectivity index (χ0n) is 56.5. The number of nitrogens with one attached hydrogen (secondary N) is 1. The molecule has 0 aromatic carbocycles. The number of aliphatic hydroxyl groups is 2. The number of unbranched alkanes of at least 4 members (excludes halogenated alkanes) is 59. The molecular weight excluding hydrogens is 1020 g/mol. The molecule has 2 unspecified atom stereocenters. The van der Waals surface area contributed by atoms with Crippen molar-refractivity contribution in [1.29, 1.82) is 0 Å². The van der Waals surface area contributed by atoms with Gasteiger partial charge in [-0.25, -0.2) is 0 Å². The van der Waals surface area contributed by atoms with Crippen molar-refractivity contribution >= 4 is 11.9 Å². The summed E-state index contributed by atoms with van der Waals surface area (Å²) < 4.78 is 5.50. The number of rotatable bonds is 72. The Labute approximate surface area is 520 Å². The third-order valence-electron chi connectivity index (χ3n) is 18.0. The molecule has 6 nitrogen and oxygen atoms in total. The highest BCUT2D eigenvalue weighted by Gasteiger charge is 2.18. The fourth-order valence-corrected chi connectivity index (χ4v) is 12.2. The van der Waals surface area contributed by atoms with E-state index in [1.807, 2.05) is 6.08 Å². The van der Waals surface area contributed by atoms with E-state index >= 15 is 0 Å². The molecule has 1 amide bonds. The second-order valence-electron chi connectivity index (χ2n) is 26.3. The molecule has 6 heteroatoms. The fourth-order valence-electron chi connectivity index (χ4n) is 12.2. The summed E-state index contributed by atoms with van der Waals surface area (Å²) in [6, 6.07) is -0.625. The van der Waals surface area contributed by atoms with Gasteiger partial charge in [-0.2, -0.15) is 0 Å². The number of carbonyl (C=O) groups excluding carboxylic acids is 2. The van der Waals surface area contributed by atoms with E-state index in [0.29, 0.717) is 19.4 Å². The molecule has 0 rings (SSSR count). The van der Waals surface area contributed by atoms with Crippen molar-refractivity contribution in [2.24, 2.45) is 0 Å². The first-order valence-electron chi connectivity index (χ1n) is 38.1. The predicted molar refractivity (Wildman–Crippen MR) is 366 cm³/mol. The lowest BCUT2D eigenvalue weighted by atomic mass is 10.0. The molecule has 0 aliphatic carbocycles. The molecule has 0 spiro atoms. The second kappa shape index (κ2) is 72.8. The maximum Gasteiger partial charge on any atom is 0.305 e. The summed E-state index contributed by atoms with van der Waals surface area (Å²) in [5, 5.41) is 23.2. The molecule has 0 aliphatic rings. The first kappa shape index (κ1) is 81.3. The topological polar surface area (TPSA) is 95.9 Å². The highest BCUT2D eigenvalue weighted by molar-refractivity contribution is 5.76. The minimum atomic E-state index is -0.842. The SMILES string of the molecule is CCCCCCCCCCCCCCCCC/C=C/C(O)C(CO)NC(=O)CCCCCCCCCCCCCCCCCCC/C=C\CCCCCCCCCCCCCCCCOC(=O)CCCCCCCCCCCCCCCC. The molecule has 83 heavy (non-hydrogen) atoms. The van der Waals surface area contributed by atoms with Crippen molar-refractivity contribution in [2.75, 3.05) is 13.2 Å². The van der Waals surface area contributed by atoms with Crippen LogP contribution in [-0.4, -0.2) is 47.4 Å². The first-order chi connectivity index (χ1) is 41.0. The van der Waals surface area contributed by atoms with Crippen molar-refractivity contribution in [2.45, 2.75) is 443 Å². The van der Waals surface area contributed by atoms with Gasteiger partial charge in [0.15, 0.2) is 0 Å². The van der Waals surface area contributed by atoms with E-state index in [-0.39, 0.29) is 18.5 Å². The van der Waals surface area contributed by atoms with Crippen molar-refractivity contribution in [1.82, 2.24) is 5.32 Å². The van der Waals surface area contributed by atoms with Crippen LogP contribution in [0.5, 0.6) is 0 Å². The van der Waals surface area contributed by atoms with Gasteiger partial charge in [-0.05, 0) is 57.8 Å². The summed E-state index contributed by atoms with van der Waals surface area (Å²) >= 11 is 0. The summed E-state index contributed by atoms with van der Waals surface area (Å²) in [5.41, 5.74) is 0. The van der Waals surface area contributed by atoms with Crippen molar-refractivity contribution < 1.29 is 24.5 Å². The van der Waals surface area contributed by atoms with Crippen LogP contribution in [-0.2, 0) is 14.3 Å². The Hall–Kier alpha value is -1.66. The van der Waals surface area contributed by atoms with Crippen LogP contribution < -0.4 is 5.32 Å². The van der Waals surface area contributed by atoms with Crippen LogP contribution in [0.25, 0.3) is 0 Å². The first-order valence-corrected chi connectivity index (χ1v) is 38.1. The molecule has 0 saturated carbocycles. The molecule has 2 atom stereocenters. The number of hydrogen-bond acceptors (Lipinski definition) is 5. The lowest BCUT2D eigenvalue weighted by Crippen LogP contribution is -2.45. The van der Waals surface area contributed by atoms with Crippen LogP contribution in [0.1, 0.15) is 431 Å². The molecule has 0 saturated heterocycles. The Kier molecular flexibility index (Phi) is 71.4. The van der Waals surface area contributed by atoms with E-state index < -0.39 is 12.1 Å². The monoisotopic (exact) mass is 1170 g/mol. The summed E-state index contributed by atoms with van der Waals surface area (Å²) in [6.45, 7) is 4.95. The number of esters is 1. The summed E-state index contributed by atoms with van der Waals surface area (Å²) in [6.07, 6.45) is 92.9. The number of carbonyl (C=O) groups is 2. The van der Waals surface area contributed by atoms with E-state index in [1.54, 1.807) is 6.08 Å². The van der Waals surface area contributed by atoms with Gasteiger partial charge < -0.3 is 20.3 Å². The third-order valence-corrected chi connectivity index (χ3v) is 18.0. The average Bonchev–Trinajstić information content (AvgIpc) is 3.49. The van der Waals surface area contributed by atoms with Gasteiger partial charge in [0, 0.05) is 12.8 Å². The summed E-state index contributed by atoms with van der Waals surface area (Å²) in [4.78, 5) is 24.6. The minimum Gasteiger partial charge on any atom is -0.466 e. The molecular formula is C77H149NO5. The molecule has 3 N–H and O–H groups in total. The number of amides is 1. The molecule has 0 aromatic heterocycles. The van der Waals surface area contributed by atoms with E-state index in [1.165, 1.54) is 366 Å². The lowest BCUT2D eigenvalue weighted by Gasteiger charge is -2.20. The Morgan fingerprint density at radius 1 is 0.325 bits per heavy atom. The summed E-state index contributed by atoms with van der Waals surface area (Å²) in [7, 11) is 0. The quantitative estimate of drug-likeness (QED) is 0.0320. The van der Waals surface area contributed by atoms with Gasteiger partial charge in [0.05, 0.1) is 25.4 Å². The molecule has 0 radical (unpaired) electrons. The maximum absolute atomic E-state index is 12.5. The standard InChI is InChI=1S/C77H149NO5/c1-3-5-7-9-11-13-15-17-19-39-42-45-49-53-57-61-65-69-75(80)74(73-79)78-76(81)70-66-62-58-54-50-46-43-40-37-35-33-31-29-27-25-23-21-20-22-24-26-28-30-32-34-36-38-41-44-48-52-56-60-64-68-72-83-77(82)71-67-63-59-55-51-47-18-16-14-12-10-8-6-4-2/h22,24,65,69,74-75,79-80H,3-21,23,25-64,66-68,70-73H2,1-2H3,(H,78,81)/b24-22-,69-65+. The van der Waals surface area contributed by atoms with E-state index in [9.17, 15) is 19.8 Å². The average molecular weight is 1170 g/mol. The molecule has 0 fully saturated rings. The van der Waals surface area contributed by atoms with Crippen LogP contribution in [0.4, 0.5) is 0 Å². The zero-order valence-corrected chi connectivity index (χ0v) is 56.5. The normalized spacial score (nSPS) is 12.6. The Morgan fingerprint density at radius 3 is 0.855 bits per heavy atom. The van der Waals surface area contributed by atoms with Gasteiger partial charge in [-0.3, -0.25) is 9.59 Å². The van der Waals surface area contributed by atoms with E-state index in [0.717, 1.165) is 38.5 Å². The van der Waals surface area contributed by atoms with Gasteiger partial charge in [0.25, 0.3) is 0 Å². The summed E-state index contributed by atoms with van der Waals surface area (Å²) in [5.74, 6) is -0.0377. The van der Waals surface area contributed by atoms with Crippen LogP contribution >= 0.6 is 0 Å². The van der Waals surface area contributed by atoms with Crippen LogP contribution in [0.2, 0.25) is 0 Å². The van der Waals surface area contributed by atoms with Crippen LogP contribution in [0, 0.1) is 0 Å². The largest absolute Gasteiger partial charge is 0.466 e. The van der Waals surface area contributed by atoms with Crippen molar-refractivity contribution in [3.8, 4) is 0 Å². The lowest BCUT2D eigenvalue weighted by molar-refractivity contribution is -0.143. The number of aliphatic hydroxyl groups excluding tert-OH is 2. The van der Waals surface area contributed by atoms with Gasteiger partial charge in [-0.1, -0.05) is 385 Å². The molecule has 492 valence electrons. The van der Waals surface area contributed by atoms with Crippen LogP contribution in [0.3, 0.4) is 0 Å². The zero-order chi connectivity index (χ0) is 59.9. The molecule has 0 aromatic rings. The number of ether oxygens (including phenoxy) is 1. The minimum absolute atomic E-state index is 0.0230. The third kappa shape index (κ3) is 69.3. The van der Waals surface area contributed by atoms with Gasteiger partial charge >= 0.3 is 5.97 Å². The Balaban J connectivity index is 3.35. The smallest absolute Gasteiger partial charge is 0.305 e. The van der Waals surface area contributed by atoms with Crippen molar-refractivity contribution in [3.63, 3.8) is 0 Å². The Morgan fingerprint density at radius 2 is 0.566 bits per heavy atom. The van der Waals surface area contributed by atoms with Gasteiger partial charge in [-0.15, -0.1) is 0 Å². The highest BCUT2D eigenvalue weighted by Crippen LogP contribution is 2.19. The molecule has 0 bridgehead atoms. The second-order valence-corrected chi connectivity index (χ2v) is 26.3. The van der Waals surface area contributed by atoms with E-state index in [4.69, 9.17) is 4.74 Å². The number of hydrogen-bond donors (Lipinski definition) is 3. The molecule has 0 heterocycles. The fraction of sp³-hybridized carbons (Fsp3) is 0.922. The Bertz CT molecular complexity index is 1300. The highest BCUT2D eigenvalue weighted by atomic mass is 16.5. The van der Waals surface area contributed by atoms with Gasteiger partial charge in [0.2, 0.25) is 5.91 Å².